The lowest BCUT2D eigenvalue weighted by Gasteiger charge is -2.08. The first-order valence-electron chi connectivity index (χ1n) is 10.8. The molecule has 32 heavy (non-hydrogen) atoms. The highest BCUT2D eigenvalue weighted by Crippen LogP contribution is 2.23. The van der Waals surface area contributed by atoms with Crippen LogP contribution in [0.25, 0.3) is 16.8 Å². The van der Waals surface area contributed by atoms with E-state index < -0.39 is 0 Å². The number of allylic oxidation sites excluding steroid dienone is 3. The van der Waals surface area contributed by atoms with Crippen molar-refractivity contribution in [3.8, 4) is 24.1 Å². The Balaban J connectivity index is 0.00000249. The van der Waals surface area contributed by atoms with Gasteiger partial charge in [-0.05, 0) is 71.6 Å². The van der Waals surface area contributed by atoms with Crippen molar-refractivity contribution in [2.75, 3.05) is 33.9 Å². The highest BCUT2D eigenvalue weighted by Gasteiger charge is 2.10. The number of hydrogen-bond acceptors (Lipinski definition) is 4. The molecule has 1 heterocycles. The van der Waals surface area contributed by atoms with Gasteiger partial charge in [-0.3, -0.25) is 9.89 Å². The molecule has 0 bridgehead atoms. The number of hydrogen-bond donors (Lipinski definition) is 2. The van der Waals surface area contributed by atoms with Gasteiger partial charge in [0.15, 0.2) is 0 Å². The van der Waals surface area contributed by atoms with Gasteiger partial charge in [-0.1, -0.05) is 30.4 Å². The molecule has 1 aromatic heterocycles. The molecule has 172 valence electrons. The molecule has 2 N–H and O–H groups in total. The fourth-order valence-corrected chi connectivity index (χ4v) is 2.93. The van der Waals surface area contributed by atoms with Crippen LogP contribution in [-0.4, -0.2) is 60.9 Å². The van der Waals surface area contributed by atoms with Gasteiger partial charge in [-0.2, -0.15) is 5.10 Å². The Kier molecular flexibility index (Phi) is 12.4. The van der Waals surface area contributed by atoms with Gasteiger partial charge in [0.1, 0.15) is 0 Å². The lowest BCUT2D eigenvalue weighted by Crippen LogP contribution is -2.30. The summed E-state index contributed by atoms with van der Waals surface area (Å²) in [7, 11) is 4.13. The summed E-state index contributed by atoms with van der Waals surface area (Å²) >= 11 is 0. The molecule has 0 saturated carbocycles. The number of nitrogens with zero attached hydrogens (tertiary/aromatic N) is 2. The third kappa shape index (κ3) is 9.34. The van der Waals surface area contributed by atoms with Crippen molar-refractivity contribution >= 4 is 11.5 Å². The van der Waals surface area contributed by atoms with Crippen LogP contribution < -0.4 is 5.32 Å². The SMILES string of the molecule is C#C.C/C=C(\C=C/COCCCN(C)C)c1cc(-c2cccc(C(=O)NC(C)C)c2)n[nH]1. The third-order valence-corrected chi connectivity index (χ3v) is 4.45. The van der Waals surface area contributed by atoms with Crippen LogP contribution in [0.15, 0.2) is 48.6 Å². The van der Waals surface area contributed by atoms with Crippen molar-refractivity contribution in [1.29, 1.82) is 0 Å². The highest BCUT2D eigenvalue weighted by molar-refractivity contribution is 5.95. The molecule has 2 rings (SSSR count). The number of amides is 1. The van der Waals surface area contributed by atoms with E-state index in [-0.39, 0.29) is 11.9 Å². The summed E-state index contributed by atoms with van der Waals surface area (Å²) in [6, 6.07) is 9.61. The zero-order valence-corrected chi connectivity index (χ0v) is 19.9. The fraction of sp³-hybridized carbons (Fsp3) is 0.385. The molecule has 0 unspecified atom stereocenters. The third-order valence-electron chi connectivity index (χ3n) is 4.45. The van der Waals surface area contributed by atoms with E-state index in [4.69, 9.17) is 4.74 Å². The van der Waals surface area contributed by atoms with Crippen LogP contribution in [0.5, 0.6) is 0 Å². The average Bonchev–Trinajstić information content (AvgIpc) is 3.26. The number of benzene rings is 1. The Labute approximate surface area is 192 Å². The maximum Gasteiger partial charge on any atom is 0.251 e. The Morgan fingerprint density at radius 2 is 2.03 bits per heavy atom. The minimum Gasteiger partial charge on any atom is -0.377 e. The van der Waals surface area contributed by atoms with Crippen LogP contribution >= 0.6 is 0 Å². The molecular formula is C26H36N4O2. The molecule has 6 heteroatoms. The van der Waals surface area contributed by atoms with Crippen molar-refractivity contribution < 1.29 is 9.53 Å². The maximum absolute atomic E-state index is 12.3. The fourth-order valence-electron chi connectivity index (χ4n) is 2.93. The predicted molar refractivity (Wildman–Crippen MR) is 133 cm³/mol. The van der Waals surface area contributed by atoms with Crippen molar-refractivity contribution in [2.24, 2.45) is 0 Å². The van der Waals surface area contributed by atoms with E-state index in [2.05, 4.69) is 47.4 Å². The molecule has 0 aliphatic carbocycles. The van der Waals surface area contributed by atoms with E-state index in [0.717, 1.165) is 42.1 Å². The van der Waals surface area contributed by atoms with E-state index in [1.165, 1.54) is 0 Å². The van der Waals surface area contributed by atoms with Gasteiger partial charge in [0, 0.05) is 23.8 Å². The minimum atomic E-state index is -0.0785. The van der Waals surface area contributed by atoms with E-state index >= 15 is 0 Å². The van der Waals surface area contributed by atoms with Gasteiger partial charge in [0.25, 0.3) is 5.91 Å². The second-order valence-electron chi connectivity index (χ2n) is 7.75. The van der Waals surface area contributed by atoms with Gasteiger partial charge < -0.3 is 15.0 Å². The molecule has 0 atom stereocenters. The Bertz CT molecular complexity index is 907. The first-order valence-corrected chi connectivity index (χ1v) is 10.8. The number of nitrogens with one attached hydrogen (secondary N) is 2. The zero-order valence-electron chi connectivity index (χ0n) is 19.9. The van der Waals surface area contributed by atoms with E-state index in [0.29, 0.717) is 12.2 Å². The summed E-state index contributed by atoms with van der Waals surface area (Å²) in [4.78, 5) is 14.4. The highest BCUT2D eigenvalue weighted by atomic mass is 16.5. The van der Waals surface area contributed by atoms with Crippen molar-refractivity contribution in [3.63, 3.8) is 0 Å². The lowest BCUT2D eigenvalue weighted by molar-refractivity contribution is 0.0943. The number of carbonyl (C=O) groups excluding carboxylic acids is 1. The number of ether oxygens (including phenoxy) is 1. The molecule has 1 amide bonds. The van der Waals surface area contributed by atoms with Crippen LogP contribution in [0, 0.1) is 12.8 Å². The predicted octanol–water partition coefficient (Wildman–Crippen LogP) is 4.39. The molecular weight excluding hydrogens is 400 g/mol. The summed E-state index contributed by atoms with van der Waals surface area (Å²) < 4.78 is 5.65. The lowest BCUT2D eigenvalue weighted by atomic mass is 10.1. The van der Waals surface area contributed by atoms with E-state index in [9.17, 15) is 4.79 Å². The van der Waals surface area contributed by atoms with Crippen molar-refractivity contribution in [3.05, 3.63) is 59.8 Å². The maximum atomic E-state index is 12.3. The molecule has 0 spiro atoms. The standard InChI is InChI=1S/C24H34N4O2.C2H2/c1-6-19(12-8-14-30-15-9-13-28(4)5)22-17-23(27-26-22)20-10-7-11-21(16-20)24(29)25-18(2)3;1-2/h6-8,10-12,16-18H,9,13-15H2,1-5H3,(H,25,29)(H,26,27);1-2H/b12-8-,19-6+;. The van der Waals surface area contributed by atoms with E-state index in [1.807, 2.05) is 69.3 Å². The van der Waals surface area contributed by atoms with Crippen LogP contribution in [-0.2, 0) is 4.74 Å². The molecule has 0 aliphatic rings. The van der Waals surface area contributed by atoms with Gasteiger partial charge >= 0.3 is 0 Å². The molecule has 1 aromatic carbocycles. The number of carbonyl (C=O) groups is 1. The summed E-state index contributed by atoms with van der Waals surface area (Å²) in [6.45, 7) is 8.25. The van der Waals surface area contributed by atoms with Crippen LogP contribution in [0.4, 0.5) is 0 Å². The summed E-state index contributed by atoms with van der Waals surface area (Å²) in [6.07, 6.45) is 15.1. The molecule has 0 saturated heterocycles. The minimum absolute atomic E-state index is 0.0785. The molecule has 0 radical (unpaired) electrons. The van der Waals surface area contributed by atoms with Gasteiger partial charge in [-0.25, -0.2) is 0 Å². The molecule has 0 aliphatic heterocycles. The number of rotatable bonds is 11. The Morgan fingerprint density at radius 3 is 2.69 bits per heavy atom. The van der Waals surface area contributed by atoms with Crippen LogP contribution in [0.1, 0.15) is 43.2 Å². The van der Waals surface area contributed by atoms with Crippen LogP contribution in [0.2, 0.25) is 0 Å². The summed E-state index contributed by atoms with van der Waals surface area (Å²) in [5.41, 5.74) is 4.30. The van der Waals surface area contributed by atoms with Gasteiger partial charge in [0.2, 0.25) is 0 Å². The normalized spacial score (nSPS) is 11.6. The smallest absolute Gasteiger partial charge is 0.251 e. The quantitative estimate of drug-likeness (QED) is 0.311. The summed E-state index contributed by atoms with van der Waals surface area (Å²) in [5.74, 6) is -0.0785. The van der Waals surface area contributed by atoms with Gasteiger partial charge in [-0.15, -0.1) is 12.8 Å². The number of aromatic nitrogens is 2. The Morgan fingerprint density at radius 1 is 1.28 bits per heavy atom. The number of H-pyrrole nitrogens is 1. The van der Waals surface area contributed by atoms with Crippen molar-refractivity contribution in [2.45, 2.75) is 33.2 Å². The largest absolute Gasteiger partial charge is 0.377 e. The van der Waals surface area contributed by atoms with E-state index in [1.54, 1.807) is 0 Å². The average molecular weight is 437 g/mol. The first-order chi connectivity index (χ1) is 15.4. The Hall–Kier alpha value is -3.14. The first kappa shape index (κ1) is 26.9. The van der Waals surface area contributed by atoms with Crippen LogP contribution in [0.3, 0.4) is 0 Å². The zero-order chi connectivity index (χ0) is 23.9. The second-order valence-corrected chi connectivity index (χ2v) is 7.75. The number of terminal acetylenes is 1. The second kappa shape index (κ2) is 14.8. The monoisotopic (exact) mass is 436 g/mol. The van der Waals surface area contributed by atoms with Crippen molar-refractivity contribution in [1.82, 2.24) is 20.4 Å². The molecule has 0 fully saturated rings. The van der Waals surface area contributed by atoms with Gasteiger partial charge in [0.05, 0.1) is 18.0 Å². The molecule has 6 nitrogen and oxygen atoms in total. The molecule has 2 aromatic rings. The number of aromatic amines is 1. The summed E-state index contributed by atoms with van der Waals surface area (Å²) in [5, 5.41) is 10.4. The topological polar surface area (TPSA) is 70.2 Å².